The van der Waals surface area contributed by atoms with Crippen LogP contribution in [-0.2, 0) is 12.8 Å². The van der Waals surface area contributed by atoms with Gasteiger partial charge in [-0.05, 0) is 36.1 Å². The molecule has 0 bridgehead atoms. The number of rotatable bonds is 4. The van der Waals surface area contributed by atoms with Gasteiger partial charge in [0.2, 0.25) is 0 Å². The number of aliphatic hydroxyl groups excluding tert-OH is 1. The molecule has 0 spiro atoms. The number of aryl methyl sites for hydroxylation is 2. The van der Waals surface area contributed by atoms with E-state index in [-0.39, 0.29) is 0 Å². The van der Waals surface area contributed by atoms with Gasteiger partial charge in [0.1, 0.15) is 0 Å². The fourth-order valence-corrected chi connectivity index (χ4v) is 1.91. The van der Waals surface area contributed by atoms with Crippen molar-refractivity contribution in [1.29, 1.82) is 0 Å². The van der Waals surface area contributed by atoms with Crippen LogP contribution in [0.5, 0.6) is 0 Å². The Morgan fingerprint density at radius 2 is 1.83 bits per heavy atom. The quantitative estimate of drug-likeness (QED) is 0.891. The molecule has 2 nitrogen and oxygen atoms in total. The minimum Gasteiger partial charge on any atom is -0.388 e. The van der Waals surface area contributed by atoms with Crippen molar-refractivity contribution in [1.82, 2.24) is 4.98 Å². The minimum absolute atomic E-state index is 0.480. The van der Waals surface area contributed by atoms with E-state index in [0.717, 1.165) is 23.2 Å². The number of aliphatic hydroxyl groups is 1. The van der Waals surface area contributed by atoms with Crippen LogP contribution in [0.1, 0.15) is 35.4 Å². The van der Waals surface area contributed by atoms with Crippen molar-refractivity contribution in [2.75, 3.05) is 0 Å². The Labute approximate surface area is 108 Å². The highest BCUT2D eigenvalue weighted by atomic mass is 16.3. The number of hydrogen-bond donors (Lipinski definition) is 1. The molecule has 1 atom stereocenters. The van der Waals surface area contributed by atoms with Gasteiger partial charge in [-0.1, -0.05) is 37.3 Å². The number of benzene rings is 1. The summed E-state index contributed by atoms with van der Waals surface area (Å²) in [5.74, 6) is 0. The molecule has 1 unspecified atom stereocenters. The average Bonchev–Trinajstić information content (AvgIpc) is 2.41. The van der Waals surface area contributed by atoms with Crippen molar-refractivity contribution in [3.05, 3.63) is 65.0 Å². The highest BCUT2D eigenvalue weighted by molar-refractivity contribution is 5.25. The summed E-state index contributed by atoms with van der Waals surface area (Å²) < 4.78 is 0. The lowest BCUT2D eigenvalue weighted by molar-refractivity contribution is 0.177. The molecule has 2 aromatic rings. The van der Waals surface area contributed by atoms with Crippen LogP contribution in [0.2, 0.25) is 0 Å². The number of hydrogen-bond acceptors (Lipinski definition) is 2. The van der Waals surface area contributed by atoms with Gasteiger partial charge in [0.25, 0.3) is 0 Å². The van der Waals surface area contributed by atoms with E-state index < -0.39 is 6.10 Å². The van der Waals surface area contributed by atoms with Crippen molar-refractivity contribution in [3.8, 4) is 0 Å². The maximum Gasteiger partial charge on any atom is 0.0845 e. The molecule has 1 heterocycles. The van der Waals surface area contributed by atoms with Gasteiger partial charge in [-0.15, -0.1) is 0 Å². The zero-order chi connectivity index (χ0) is 13.0. The maximum absolute atomic E-state index is 10.2. The highest BCUT2D eigenvalue weighted by Gasteiger charge is 2.09. The predicted octanol–water partition coefficient (Wildman–Crippen LogP) is 3.23. The van der Waals surface area contributed by atoms with Crippen LogP contribution < -0.4 is 0 Å². The lowest BCUT2D eigenvalue weighted by Crippen LogP contribution is -2.03. The Hall–Kier alpha value is -1.67. The monoisotopic (exact) mass is 241 g/mol. The molecule has 0 saturated heterocycles. The number of pyridine rings is 1. The first-order valence-electron chi connectivity index (χ1n) is 6.37. The van der Waals surface area contributed by atoms with Gasteiger partial charge in [0.15, 0.2) is 0 Å². The second-order valence-electron chi connectivity index (χ2n) is 4.64. The Bertz CT molecular complexity index is 488. The summed E-state index contributed by atoms with van der Waals surface area (Å²) in [5, 5.41) is 10.2. The number of aromatic nitrogens is 1. The molecule has 0 saturated carbocycles. The van der Waals surface area contributed by atoms with Crippen LogP contribution in [0.3, 0.4) is 0 Å². The summed E-state index contributed by atoms with van der Waals surface area (Å²) in [5.41, 5.74) is 4.31. The van der Waals surface area contributed by atoms with Gasteiger partial charge < -0.3 is 5.11 Å². The topological polar surface area (TPSA) is 33.1 Å². The Morgan fingerprint density at radius 3 is 2.39 bits per heavy atom. The molecular weight excluding hydrogens is 222 g/mol. The molecule has 0 fully saturated rings. The first kappa shape index (κ1) is 12.8. The van der Waals surface area contributed by atoms with E-state index in [9.17, 15) is 5.11 Å². The second-order valence-corrected chi connectivity index (χ2v) is 4.64. The first-order valence-corrected chi connectivity index (χ1v) is 6.37. The van der Waals surface area contributed by atoms with E-state index in [1.54, 1.807) is 0 Å². The SMILES string of the molecule is CCc1ccc(C(O)Cc2ccc(C)cn2)cc1. The average molecular weight is 241 g/mol. The summed E-state index contributed by atoms with van der Waals surface area (Å²) in [4.78, 5) is 4.32. The summed E-state index contributed by atoms with van der Waals surface area (Å²) >= 11 is 0. The van der Waals surface area contributed by atoms with Crippen molar-refractivity contribution < 1.29 is 5.11 Å². The van der Waals surface area contributed by atoms with Gasteiger partial charge in [-0.3, -0.25) is 4.98 Å². The standard InChI is InChI=1S/C16H19NO/c1-3-13-5-7-14(8-6-13)16(18)10-15-9-4-12(2)11-17-15/h4-9,11,16,18H,3,10H2,1-2H3. The fraction of sp³-hybridized carbons (Fsp3) is 0.312. The summed E-state index contributed by atoms with van der Waals surface area (Å²) in [6, 6.07) is 12.1. The fourth-order valence-electron chi connectivity index (χ4n) is 1.91. The zero-order valence-electron chi connectivity index (χ0n) is 10.9. The van der Waals surface area contributed by atoms with Crippen LogP contribution in [-0.4, -0.2) is 10.1 Å². The van der Waals surface area contributed by atoms with Crippen molar-refractivity contribution in [2.24, 2.45) is 0 Å². The third kappa shape index (κ3) is 3.17. The van der Waals surface area contributed by atoms with Crippen molar-refractivity contribution >= 4 is 0 Å². The van der Waals surface area contributed by atoms with E-state index in [0.29, 0.717) is 6.42 Å². The summed E-state index contributed by atoms with van der Waals surface area (Å²) in [6.45, 7) is 4.14. The van der Waals surface area contributed by atoms with E-state index in [2.05, 4.69) is 24.0 Å². The Morgan fingerprint density at radius 1 is 1.11 bits per heavy atom. The Balaban J connectivity index is 2.06. The molecular formula is C16H19NO. The van der Waals surface area contributed by atoms with Gasteiger partial charge in [-0.2, -0.15) is 0 Å². The van der Waals surface area contributed by atoms with Crippen LogP contribution in [0.15, 0.2) is 42.6 Å². The zero-order valence-corrected chi connectivity index (χ0v) is 10.9. The van der Waals surface area contributed by atoms with Gasteiger partial charge in [-0.25, -0.2) is 0 Å². The maximum atomic E-state index is 10.2. The van der Waals surface area contributed by atoms with Crippen molar-refractivity contribution in [2.45, 2.75) is 32.8 Å². The van der Waals surface area contributed by atoms with E-state index in [1.165, 1.54) is 5.56 Å². The van der Waals surface area contributed by atoms with Gasteiger partial charge in [0.05, 0.1) is 6.10 Å². The molecule has 2 heteroatoms. The summed E-state index contributed by atoms with van der Waals surface area (Å²) in [7, 11) is 0. The van der Waals surface area contributed by atoms with E-state index in [1.807, 2.05) is 37.4 Å². The van der Waals surface area contributed by atoms with Crippen LogP contribution in [0.25, 0.3) is 0 Å². The largest absolute Gasteiger partial charge is 0.388 e. The molecule has 0 radical (unpaired) electrons. The van der Waals surface area contributed by atoms with Gasteiger partial charge >= 0.3 is 0 Å². The normalized spacial score (nSPS) is 12.4. The van der Waals surface area contributed by atoms with Crippen molar-refractivity contribution in [3.63, 3.8) is 0 Å². The van der Waals surface area contributed by atoms with Crippen LogP contribution >= 0.6 is 0 Å². The second kappa shape index (κ2) is 5.78. The lowest BCUT2D eigenvalue weighted by Gasteiger charge is -2.11. The molecule has 94 valence electrons. The molecule has 0 aliphatic carbocycles. The molecule has 0 aliphatic rings. The van der Waals surface area contributed by atoms with Gasteiger partial charge in [0, 0.05) is 18.3 Å². The van der Waals surface area contributed by atoms with Crippen LogP contribution in [0, 0.1) is 6.92 Å². The minimum atomic E-state index is -0.480. The lowest BCUT2D eigenvalue weighted by atomic mass is 10.0. The molecule has 1 aromatic heterocycles. The molecule has 18 heavy (non-hydrogen) atoms. The predicted molar refractivity (Wildman–Crippen MR) is 73.5 cm³/mol. The van der Waals surface area contributed by atoms with Crippen LogP contribution in [0.4, 0.5) is 0 Å². The smallest absolute Gasteiger partial charge is 0.0845 e. The molecule has 0 amide bonds. The van der Waals surface area contributed by atoms with E-state index >= 15 is 0 Å². The third-order valence-corrected chi connectivity index (χ3v) is 3.15. The first-order chi connectivity index (χ1) is 8.69. The highest BCUT2D eigenvalue weighted by Crippen LogP contribution is 2.18. The number of nitrogens with zero attached hydrogens (tertiary/aromatic N) is 1. The third-order valence-electron chi connectivity index (χ3n) is 3.15. The molecule has 1 N–H and O–H groups in total. The molecule has 2 rings (SSSR count). The molecule has 1 aromatic carbocycles. The summed E-state index contributed by atoms with van der Waals surface area (Å²) in [6.07, 6.45) is 2.94. The molecule has 0 aliphatic heterocycles. The van der Waals surface area contributed by atoms with E-state index in [4.69, 9.17) is 0 Å². The Kier molecular flexibility index (Phi) is 4.11.